The Morgan fingerprint density at radius 2 is 2.19 bits per heavy atom. The fourth-order valence-electron chi connectivity index (χ4n) is 2.45. The van der Waals surface area contributed by atoms with Crippen molar-refractivity contribution in [1.82, 2.24) is 0 Å². The van der Waals surface area contributed by atoms with Crippen LogP contribution in [0.15, 0.2) is 59.5 Å². The summed E-state index contributed by atoms with van der Waals surface area (Å²) in [5.41, 5.74) is 1.73. The Labute approximate surface area is 163 Å². The van der Waals surface area contributed by atoms with Gasteiger partial charge in [0.1, 0.15) is 11.6 Å². The number of benzene rings is 2. The Kier molecular flexibility index (Phi) is 7.09. The van der Waals surface area contributed by atoms with E-state index in [-0.39, 0.29) is 17.1 Å². The highest BCUT2D eigenvalue weighted by Gasteiger charge is 2.13. The summed E-state index contributed by atoms with van der Waals surface area (Å²) < 4.78 is 5.17. The van der Waals surface area contributed by atoms with Crippen LogP contribution in [0.3, 0.4) is 0 Å². The molecule has 1 amide bonds. The van der Waals surface area contributed by atoms with Gasteiger partial charge in [-0.2, -0.15) is 5.26 Å². The number of allylic oxidation sites excluding steroid dienone is 1. The molecule has 2 aromatic carbocycles. The predicted octanol–water partition coefficient (Wildman–Crippen LogP) is 4.40. The fraction of sp³-hybridized carbons (Fsp3) is 0.143. The molecule has 0 atom stereocenters. The van der Waals surface area contributed by atoms with E-state index in [1.807, 2.05) is 30.5 Å². The van der Waals surface area contributed by atoms with Crippen molar-refractivity contribution in [3.8, 4) is 17.6 Å². The van der Waals surface area contributed by atoms with Crippen LogP contribution in [-0.4, -0.2) is 24.4 Å². The molecule has 6 heteroatoms. The lowest BCUT2D eigenvalue weighted by Crippen LogP contribution is -2.13. The number of amides is 1. The molecule has 0 saturated carbocycles. The summed E-state index contributed by atoms with van der Waals surface area (Å²) in [6, 6.07) is 12.6. The Hall–Kier alpha value is -3.17. The highest BCUT2D eigenvalue weighted by Crippen LogP contribution is 2.33. The number of nitriles is 1. The van der Waals surface area contributed by atoms with Crippen molar-refractivity contribution in [2.24, 2.45) is 0 Å². The molecule has 2 rings (SSSR count). The van der Waals surface area contributed by atoms with Crippen LogP contribution >= 0.6 is 11.8 Å². The van der Waals surface area contributed by atoms with Gasteiger partial charge in [-0.1, -0.05) is 12.1 Å². The van der Waals surface area contributed by atoms with Gasteiger partial charge in [0.2, 0.25) is 0 Å². The first-order valence-electron chi connectivity index (χ1n) is 8.10. The van der Waals surface area contributed by atoms with Crippen molar-refractivity contribution in [3.63, 3.8) is 0 Å². The molecule has 0 bridgehead atoms. The van der Waals surface area contributed by atoms with E-state index in [2.05, 4.69) is 11.9 Å². The Morgan fingerprint density at radius 1 is 1.41 bits per heavy atom. The standard InChI is InChI=1S/C21H20N2O3S/c1-4-6-15-9-14(11-19(26-2)20(15)24)10-16(13-22)21(25)23-17-7-5-8-18(12-17)27-3/h4-5,7-12,24H,1,6H2,2-3H3,(H,23,25)/b16-10+. The van der Waals surface area contributed by atoms with Crippen molar-refractivity contribution < 1.29 is 14.6 Å². The maximum absolute atomic E-state index is 12.5. The van der Waals surface area contributed by atoms with E-state index in [0.29, 0.717) is 23.2 Å². The first-order valence-corrected chi connectivity index (χ1v) is 9.32. The molecular formula is C21H20N2O3S. The molecule has 0 unspecified atom stereocenters. The zero-order valence-electron chi connectivity index (χ0n) is 15.2. The number of phenols is 1. The van der Waals surface area contributed by atoms with E-state index in [9.17, 15) is 15.2 Å². The summed E-state index contributed by atoms with van der Waals surface area (Å²) in [6.45, 7) is 3.66. The topological polar surface area (TPSA) is 82.4 Å². The number of thioether (sulfide) groups is 1. The average Bonchev–Trinajstić information content (AvgIpc) is 2.68. The molecule has 0 heterocycles. The molecule has 5 nitrogen and oxygen atoms in total. The zero-order valence-corrected chi connectivity index (χ0v) is 16.0. The van der Waals surface area contributed by atoms with Crippen molar-refractivity contribution in [1.29, 1.82) is 5.26 Å². The molecule has 138 valence electrons. The quantitative estimate of drug-likeness (QED) is 0.322. The molecule has 2 aromatic rings. The first-order chi connectivity index (χ1) is 13.0. The third kappa shape index (κ3) is 5.16. The minimum atomic E-state index is -0.506. The van der Waals surface area contributed by atoms with E-state index in [4.69, 9.17) is 4.74 Å². The summed E-state index contributed by atoms with van der Waals surface area (Å²) in [5, 5.41) is 22.3. The van der Waals surface area contributed by atoms with E-state index in [1.165, 1.54) is 13.2 Å². The number of ether oxygens (including phenoxy) is 1. The monoisotopic (exact) mass is 380 g/mol. The minimum absolute atomic E-state index is 0.0198. The van der Waals surface area contributed by atoms with Crippen molar-refractivity contribution in [2.45, 2.75) is 11.3 Å². The maximum Gasteiger partial charge on any atom is 0.266 e. The van der Waals surface area contributed by atoms with E-state index < -0.39 is 5.91 Å². The van der Waals surface area contributed by atoms with E-state index in [0.717, 1.165) is 4.90 Å². The maximum atomic E-state index is 12.5. The third-order valence-electron chi connectivity index (χ3n) is 3.76. The van der Waals surface area contributed by atoms with E-state index >= 15 is 0 Å². The highest BCUT2D eigenvalue weighted by molar-refractivity contribution is 7.98. The number of aromatic hydroxyl groups is 1. The fourth-order valence-corrected chi connectivity index (χ4v) is 2.91. The number of nitrogens with one attached hydrogen (secondary N) is 1. The average molecular weight is 380 g/mol. The van der Waals surface area contributed by atoms with Crippen molar-refractivity contribution in [2.75, 3.05) is 18.7 Å². The molecule has 0 radical (unpaired) electrons. The Balaban J connectivity index is 2.34. The molecule has 2 N–H and O–H groups in total. The number of carbonyl (C=O) groups excluding carboxylic acids is 1. The molecule has 0 aliphatic carbocycles. The molecule has 0 aliphatic heterocycles. The Bertz CT molecular complexity index is 930. The summed E-state index contributed by atoms with van der Waals surface area (Å²) in [5.74, 6) is -0.217. The van der Waals surface area contributed by atoms with Gasteiger partial charge in [-0.05, 0) is 54.6 Å². The largest absolute Gasteiger partial charge is 0.504 e. The number of nitrogens with zero attached hydrogens (tertiary/aromatic N) is 1. The van der Waals surface area contributed by atoms with Gasteiger partial charge in [-0.25, -0.2) is 0 Å². The van der Waals surface area contributed by atoms with Crippen LogP contribution in [0.25, 0.3) is 6.08 Å². The number of anilines is 1. The third-order valence-corrected chi connectivity index (χ3v) is 4.49. The number of hydrogen-bond donors (Lipinski definition) is 2. The van der Waals surface area contributed by atoms with Gasteiger partial charge in [0.25, 0.3) is 5.91 Å². The lowest BCUT2D eigenvalue weighted by Gasteiger charge is -2.10. The summed E-state index contributed by atoms with van der Waals surface area (Å²) in [7, 11) is 1.44. The van der Waals surface area contributed by atoms with Gasteiger partial charge in [0.15, 0.2) is 11.5 Å². The van der Waals surface area contributed by atoms with Gasteiger partial charge in [-0.15, -0.1) is 18.3 Å². The second-order valence-electron chi connectivity index (χ2n) is 5.58. The second-order valence-corrected chi connectivity index (χ2v) is 6.46. The number of hydrogen-bond acceptors (Lipinski definition) is 5. The lowest BCUT2D eigenvalue weighted by atomic mass is 10.0. The molecule has 0 aromatic heterocycles. The lowest BCUT2D eigenvalue weighted by molar-refractivity contribution is -0.112. The molecule has 0 aliphatic rings. The predicted molar refractivity (Wildman–Crippen MR) is 109 cm³/mol. The normalized spacial score (nSPS) is 10.8. The zero-order chi connectivity index (χ0) is 19.8. The molecule has 0 fully saturated rings. The SMILES string of the molecule is C=CCc1cc(/C=C(\C#N)C(=O)Nc2cccc(SC)c2)cc(OC)c1O. The molecular weight excluding hydrogens is 360 g/mol. The van der Waals surface area contributed by atoms with Crippen LogP contribution in [0.5, 0.6) is 11.5 Å². The summed E-state index contributed by atoms with van der Waals surface area (Å²) >= 11 is 1.56. The second kappa shape index (κ2) is 9.51. The summed E-state index contributed by atoms with van der Waals surface area (Å²) in [4.78, 5) is 13.5. The van der Waals surface area contributed by atoms with Gasteiger partial charge in [-0.3, -0.25) is 4.79 Å². The molecule has 0 spiro atoms. The minimum Gasteiger partial charge on any atom is -0.504 e. The van der Waals surface area contributed by atoms with Crippen molar-refractivity contribution in [3.05, 3.63) is 65.8 Å². The van der Waals surface area contributed by atoms with Crippen LogP contribution in [-0.2, 0) is 11.2 Å². The van der Waals surface area contributed by atoms with E-state index in [1.54, 1.807) is 36.0 Å². The van der Waals surface area contributed by atoms with Gasteiger partial charge in [0, 0.05) is 16.1 Å². The van der Waals surface area contributed by atoms with Crippen LogP contribution in [0.4, 0.5) is 5.69 Å². The van der Waals surface area contributed by atoms with Crippen LogP contribution in [0, 0.1) is 11.3 Å². The van der Waals surface area contributed by atoms with Gasteiger partial charge >= 0.3 is 0 Å². The smallest absolute Gasteiger partial charge is 0.266 e. The van der Waals surface area contributed by atoms with Crippen LogP contribution in [0.2, 0.25) is 0 Å². The van der Waals surface area contributed by atoms with Gasteiger partial charge in [0.05, 0.1) is 7.11 Å². The summed E-state index contributed by atoms with van der Waals surface area (Å²) in [6.07, 6.45) is 5.49. The first kappa shape index (κ1) is 20.1. The van der Waals surface area contributed by atoms with Crippen LogP contribution in [0.1, 0.15) is 11.1 Å². The van der Waals surface area contributed by atoms with Crippen LogP contribution < -0.4 is 10.1 Å². The number of carbonyl (C=O) groups is 1. The number of methoxy groups -OCH3 is 1. The molecule has 0 saturated heterocycles. The number of rotatable bonds is 7. The number of phenolic OH excluding ortho intramolecular Hbond substituents is 1. The van der Waals surface area contributed by atoms with Crippen molar-refractivity contribution >= 4 is 29.4 Å². The molecule has 27 heavy (non-hydrogen) atoms. The Morgan fingerprint density at radius 3 is 2.81 bits per heavy atom. The highest BCUT2D eigenvalue weighted by atomic mass is 32.2. The van der Waals surface area contributed by atoms with Gasteiger partial charge < -0.3 is 15.2 Å².